The van der Waals surface area contributed by atoms with Crippen molar-refractivity contribution in [3.8, 4) is 28.1 Å². The molecule has 226 valence electrons. The number of carbonyl (C=O) groups is 2. The van der Waals surface area contributed by atoms with Crippen LogP contribution in [0.5, 0.6) is 5.75 Å². The Labute approximate surface area is 255 Å². The number of aromatic nitrogens is 1. The lowest BCUT2D eigenvalue weighted by molar-refractivity contribution is -0.145. The summed E-state index contributed by atoms with van der Waals surface area (Å²) in [6.07, 6.45) is 0.970. The summed E-state index contributed by atoms with van der Waals surface area (Å²) in [6, 6.07) is 14.1. The number of rotatable bonds is 11. The molecule has 42 heavy (non-hydrogen) atoms. The number of halogens is 4. The van der Waals surface area contributed by atoms with Gasteiger partial charge in [0.05, 0.1) is 17.3 Å². The molecule has 1 aliphatic rings. The number of alkyl halides is 2. The van der Waals surface area contributed by atoms with Crippen molar-refractivity contribution in [3.05, 3.63) is 70.9 Å². The van der Waals surface area contributed by atoms with E-state index in [9.17, 15) is 23.5 Å². The number of benzene rings is 2. The van der Waals surface area contributed by atoms with Crippen LogP contribution >= 0.6 is 24.0 Å². The quantitative estimate of drug-likeness (QED) is 0.219. The maximum Gasteiger partial charge on any atom is 0.329 e. The number of hydrogen-bond donors (Lipinski definition) is 2. The third kappa shape index (κ3) is 7.76. The van der Waals surface area contributed by atoms with Gasteiger partial charge < -0.3 is 20.1 Å². The zero-order valence-electron chi connectivity index (χ0n) is 23.5. The van der Waals surface area contributed by atoms with Crippen molar-refractivity contribution in [2.24, 2.45) is 0 Å². The standard InChI is InChI=1S/C31H34ClF2N3O4.ClH/c1-37(2)17-8-18-41-26-19-20(11-13-24(26)32)27-22(21-9-4-5-10-23(21)28(33)34)12-14-25(35-27)29(38)36-31(30(39)40)15-6-3-7-16-31;/h4-5,9-14,19,28H,3,6-8,15-18H2,1-2H3,(H,36,38)(H,39,40);1H. The second kappa shape index (κ2) is 14.8. The van der Waals surface area contributed by atoms with Gasteiger partial charge in [0.25, 0.3) is 12.3 Å². The molecule has 0 aliphatic heterocycles. The van der Waals surface area contributed by atoms with Crippen LogP contribution in [0.4, 0.5) is 8.78 Å². The summed E-state index contributed by atoms with van der Waals surface area (Å²) in [7, 11) is 3.93. The molecular weight excluding hydrogens is 587 g/mol. The minimum absolute atomic E-state index is 0. The molecule has 0 radical (unpaired) electrons. The third-order valence-electron chi connectivity index (χ3n) is 7.30. The zero-order valence-corrected chi connectivity index (χ0v) is 25.1. The van der Waals surface area contributed by atoms with E-state index in [-0.39, 0.29) is 34.9 Å². The summed E-state index contributed by atoms with van der Waals surface area (Å²) in [5, 5.41) is 13.0. The number of hydrogen-bond acceptors (Lipinski definition) is 5. The Morgan fingerprint density at radius 2 is 1.79 bits per heavy atom. The topological polar surface area (TPSA) is 91.8 Å². The monoisotopic (exact) mass is 621 g/mol. The fourth-order valence-corrected chi connectivity index (χ4v) is 5.28. The molecule has 1 amide bonds. The highest BCUT2D eigenvalue weighted by Gasteiger charge is 2.41. The molecule has 1 aliphatic carbocycles. The van der Waals surface area contributed by atoms with Crippen LogP contribution in [0.25, 0.3) is 22.4 Å². The van der Waals surface area contributed by atoms with Crippen LogP contribution in [0, 0.1) is 0 Å². The van der Waals surface area contributed by atoms with E-state index in [4.69, 9.17) is 16.3 Å². The number of nitrogens with one attached hydrogen (secondary N) is 1. The Hall–Kier alpha value is -3.27. The second-order valence-electron chi connectivity index (χ2n) is 10.5. The van der Waals surface area contributed by atoms with E-state index in [0.717, 1.165) is 19.4 Å². The molecule has 3 aromatic rings. The summed E-state index contributed by atoms with van der Waals surface area (Å²) >= 11 is 6.41. The molecule has 0 saturated heterocycles. The van der Waals surface area contributed by atoms with Gasteiger partial charge in [0.15, 0.2) is 0 Å². The van der Waals surface area contributed by atoms with Crippen LogP contribution in [0.15, 0.2) is 54.6 Å². The average molecular weight is 623 g/mol. The summed E-state index contributed by atoms with van der Waals surface area (Å²) in [4.78, 5) is 32.2. The van der Waals surface area contributed by atoms with Gasteiger partial charge in [-0.3, -0.25) is 4.79 Å². The van der Waals surface area contributed by atoms with Crippen LogP contribution in [-0.4, -0.2) is 59.7 Å². The number of nitrogens with zero attached hydrogens (tertiary/aromatic N) is 2. The first kappa shape index (κ1) is 33.2. The summed E-state index contributed by atoms with van der Waals surface area (Å²) < 4.78 is 33.9. The molecule has 1 saturated carbocycles. The van der Waals surface area contributed by atoms with E-state index in [0.29, 0.717) is 54.2 Å². The van der Waals surface area contributed by atoms with Crippen LogP contribution < -0.4 is 10.1 Å². The predicted molar refractivity (Wildman–Crippen MR) is 162 cm³/mol. The van der Waals surface area contributed by atoms with E-state index in [1.807, 2.05) is 19.0 Å². The van der Waals surface area contributed by atoms with Crippen LogP contribution in [0.2, 0.25) is 5.02 Å². The van der Waals surface area contributed by atoms with Gasteiger partial charge in [-0.05, 0) is 63.2 Å². The molecular formula is C31H35Cl2F2N3O4. The summed E-state index contributed by atoms with van der Waals surface area (Å²) in [5.74, 6) is -1.32. The van der Waals surface area contributed by atoms with Crippen molar-refractivity contribution >= 4 is 35.9 Å². The van der Waals surface area contributed by atoms with E-state index in [2.05, 4.69) is 10.3 Å². The number of aliphatic carboxylic acids is 1. The maximum atomic E-state index is 14.0. The lowest BCUT2D eigenvalue weighted by Gasteiger charge is -2.33. The van der Waals surface area contributed by atoms with Crippen molar-refractivity contribution in [1.29, 1.82) is 0 Å². The Morgan fingerprint density at radius 1 is 1.07 bits per heavy atom. The van der Waals surface area contributed by atoms with Gasteiger partial charge in [-0.15, -0.1) is 12.4 Å². The highest BCUT2D eigenvalue weighted by molar-refractivity contribution is 6.32. The van der Waals surface area contributed by atoms with Crippen molar-refractivity contribution < 1.29 is 28.2 Å². The Balaban J connectivity index is 0.00000484. The normalized spacial score (nSPS) is 14.4. The van der Waals surface area contributed by atoms with Crippen molar-refractivity contribution in [2.45, 2.75) is 50.5 Å². The van der Waals surface area contributed by atoms with Crippen molar-refractivity contribution in [3.63, 3.8) is 0 Å². The largest absolute Gasteiger partial charge is 0.492 e. The van der Waals surface area contributed by atoms with Crippen LogP contribution in [-0.2, 0) is 4.79 Å². The van der Waals surface area contributed by atoms with Crippen LogP contribution in [0.1, 0.15) is 61.0 Å². The molecule has 0 unspecified atom stereocenters. The number of amides is 1. The molecule has 4 rings (SSSR count). The SMILES string of the molecule is CN(C)CCCOc1cc(-c2nc(C(=O)NC3(C(=O)O)CCCCC3)ccc2-c2ccccc2C(F)F)ccc1Cl.Cl. The molecule has 0 atom stereocenters. The third-order valence-corrected chi connectivity index (χ3v) is 7.61. The second-order valence-corrected chi connectivity index (χ2v) is 10.9. The molecule has 1 fully saturated rings. The van der Waals surface area contributed by atoms with E-state index in [1.54, 1.807) is 36.4 Å². The minimum Gasteiger partial charge on any atom is -0.492 e. The van der Waals surface area contributed by atoms with Gasteiger partial charge in [0.2, 0.25) is 0 Å². The van der Waals surface area contributed by atoms with Crippen LogP contribution in [0.3, 0.4) is 0 Å². The smallest absolute Gasteiger partial charge is 0.329 e. The van der Waals surface area contributed by atoms with Gasteiger partial charge >= 0.3 is 5.97 Å². The number of carbonyl (C=O) groups excluding carboxylic acids is 1. The number of pyridine rings is 1. The van der Waals surface area contributed by atoms with E-state index in [1.165, 1.54) is 18.2 Å². The van der Waals surface area contributed by atoms with Crippen molar-refractivity contribution in [2.75, 3.05) is 27.2 Å². The number of ether oxygens (including phenoxy) is 1. The number of carboxylic acids is 1. The van der Waals surface area contributed by atoms with Gasteiger partial charge in [0.1, 0.15) is 17.0 Å². The molecule has 0 bridgehead atoms. The van der Waals surface area contributed by atoms with Gasteiger partial charge in [-0.1, -0.05) is 61.2 Å². The lowest BCUT2D eigenvalue weighted by atomic mass is 9.81. The van der Waals surface area contributed by atoms with Gasteiger partial charge in [0, 0.05) is 23.2 Å². The van der Waals surface area contributed by atoms with E-state index >= 15 is 0 Å². The summed E-state index contributed by atoms with van der Waals surface area (Å²) in [5.41, 5.74) is -0.114. The minimum atomic E-state index is -2.73. The molecule has 11 heteroatoms. The fraction of sp³-hybridized carbons (Fsp3) is 0.387. The first-order valence-electron chi connectivity index (χ1n) is 13.6. The molecule has 1 aromatic heterocycles. The van der Waals surface area contributed by atoms with Gasteiger partial charge in [-0.25, -0.2) is 18.6 Å². The molecule has 2 N–H and O–H groups in total. The maximum absolute atomic E-state index is 14.0. The molecule has 7 nitrogen and oxygen atoms in total. The molecule has 0 spiro atoms. The van der Waals surface area contributed by atoms with Crippen molar-refractivity contribution in [1.82, 2.24) is 15.2 Å². The average Bonchev–Trinajstić information content (AvgIpc) is 2.96. The van der Waals surface area contributed by atoms with Gasteiger partial charge in [-0.2, -0.15) is 0 Å². The Morgan fingerprint density at radius 3 is 2.45 bits per heavy atom. The molecule has 1 heterocycles. The zero-order chi connectivity index (χ0) is 29.6. The molecule has 2 aromatic carbocycles. The predicted octanol–water partition coefficient (Wildman–Crippen LogP) is 7.28. The first-order valence-corrected chi connectivity index (χ1v) is 14.0. The fourth-order valence-electron chi connectivity index (χ4n) is 5.11. The lowest BCUT2D eigenvalue weighted by Crippen LogP contribution is -2.55. The Kier molecular flexibility index (Phi) is 11.7. The highest BCUT2D eigenvalue weighted by atomic mass is 35.5. The highest BCUT2D eigenvalue weighted by Crippen LogP contribution is 2.39. The van der Waals surface area contributed by atoms with E-state index < -0.39 is 23.8 Å². The Bertz CT molecular complexity index is 1400. The first-order chi connectivity index (χ1) is 19.6. The number of carboxylic acid groups (broad SMARTS) is 1. The summed E-state index contributed by atoms with van der Waals surface area (Å²) in [6.45, 7) is 1.23.